The third-order valence-electron chi connectivity index (χ3n) is 5.13. The minimum Gasteiger partial charge on any atom is -0.399 e. The molecule has 6 nitrogen and oxygen atoms in total. The van der Waals surface area contributed by atoms with Gasteiger partial charge in [-0.25, -0.2) is 4.98 Å². The van der Waals surface area contributed by atoms with Crippen molar-refractivity contribution in [2.24, 2.45) is 0 Å². The van der Waals surface area contributed by atoms with E-state index >= 15 is 0 Å². The Morgan fingerprint density at radius 1 is 1.27 bits per heavy atom. The molecule has 0 saturated carbocycles. The highest BCUT2D eigenvalue weighted by atomic mass is 35.5. The topological polar surface area (TPSA) is 80.5 Å². The van der Waals surface area contributed by atoms with E-state index in [2.05, 4.69) is 15.2 Å². The number of anilines is 1. The molecule has 1 aromatic heterocycles. The Morgan fingerprint density at radius 2 is 2.15 bits per heavy atom. The number of carbonyl (C=O) groups excluding carboxylic acids is 1. The summed E-state index contributed by atoms with van der Waals surface area (Å²) in [6, 6.07) is 13.3. The molecule has 0 bridgehead atoms. The van der Waals surface area contributed by atoms with E-state index in [-0.39, 0.29) is 12.0 Å². The van der Waals surface area contributed by atoms with Crippen LogP contribution in [0.4, 0.5) is 5.69 Å². The summed E-state index contributed by atoms with van der Waals surface area (Å²) in [5.74, 6) is 0.273. The number of nitrogens with one attached hydrogen (secondary N) is 1. The second-order valence-electron chi connectivity index (χ2n) is 7.69. The number of carbonyl (C=O) groups is 1. The molecule has 3 N–H and O–H groups in total. The van der Waals surface area contributed by atoms with Gasteiger partial charge in [-0.3, -0.25) is 9.69 Å². The maximum atomic E-state index is 12.4. The Labute approximate surface area is 211 Å². The van der Waals surface area contributed by atoms with Gasteiger partial charge in [-0.2, -0.15) is 0 Å². The van der Waals surface area contributed by atoms with Crippen molar-refractivity contribution in [3.8, 4) is 11.3 Å². The van der Waals surface area contributed by atoms with Crippen LogP contribution in [0.2, 0.25) is 10.0 Å². The van der Waals surface area contributed by atoms with Gasteiger partial charge in [0, 0.05) is 42.8 Å². The van der Waals surface area contributed by atoms with Crippen molar-refractivity contribution in [1.29, 1.82) is 0 Å². The van der Waals surface area contributed by atoms with E-state index in [1.165, 1.54) is 23.1 Å². The Hall–Kier alpha value is -1.81. The summed E-state index contributed by atoms with van der Waals surface area (Å²) >= 11 is 15.1. The van der Waals surface area contributed by atoms with Crippen LogP contribution in [0.25, 0.3) is 11.3 Å². The molecule has 33 heavy (non-hydrogen) atoms. The zero-order valence-corrected chi connectivity index (χ0v) is 20.9. The number of thiazole rings is 1. The summed E-state index contributed by atoms with van der Waals surface area (Å²) in [5.41, 5.74) is 9.50. The van der Waals surface area contributed by atoms with Gasteiger partial charge in [0.2, 0.25) is 5.91 Å². The summed E-state index contributed by atoms with van der Waals surface area (Å²) < 4.78 is 6.68. The number of hydrogen-bond donors (Lipinski definition) is 2. The molecule has 0 aliphatic carbocycles. The predicted molar refractivity (Wildman–Crippen MR) is 137 cm³/mol. The van der Waals surface area contributed by atoms with E-state index in [0.717, 1.165) is 40.8 Å². The van der Waals surface area contributed by atoms with E-state index in [1.54, 1.807) is 0 Å². The molecule has 10 heteroatoms. The van der Waals surface area contributed by atoms with Gasteiger partial charge in [0.1, 0.15) is 0 Å². The highest BCUT2D eigenvalue weighted by Gasteiger charge is 2.21. The maximum absolute atomic E-state index is 12.4. The van der Waals surface area contributed by atoms with Crippen LogP contribution in [-0.4, -0.2) is 53.9 Å². The van der Waals surface area contributed by atoms with E-state index in [0.29, 0.717) is 34.6 Å². The maximum Gasteiger partial charge on any atom is 0.230 e. The molecule has 1 fully saturated rings. The average Bonchev–Trinajstić information content (AvgIpc) is 3.28. The van der Waals surface area contributed by atoms with Gasteiger partial charge in [0.15, 0.2) is 4.34 Å². The molecule has 1 saturated heterocycles. The van der Waals surface area contributed by atoms with Crippen LogP contribution in [0, 0.1) is 0 Å². The van der Waals surface area contributed by atoms with Gasteiger partial charge in [-0.05, 0) is 29.8 Å². The first kappa shape index (κ1) is 24.3. The number of aromatic nitrogens is 1. The molecule has 0 radical (unpaired) electrons. The van der Waals surface area contributed by atoms with Crippen LogP contribution in [-0.2, 0) is 16.1 Å². The molecular formula is C23H24Cl2N4O2S2. The number of ether oxygens (including phenoxy) is 1. The van der Waals surface area contributed by atoms with Gasteiger partial charge < -0.3 is 15.8 Å². The molecule has 2 aromatic carbocycles. The second kappa shape index (κ2) is 11.6. The second-order valence-corrected chi connectivity index (χ2v) is 10.6. The smallest absolute Gasteiger partial charge is 0.230 e. The molecule has 1 atom stereocenters. The highest BCUT2D eigenvalue weighted by molar-refractivity contribution is 8.01. The summed E-state index contributed by atoms with van der Waals surface area (Å²) in [5, 5.41) is 6.07. The Bertz CT molecular complexity index is 1110. The molecule has 0 spiro atoms. The van der Waals surface area contributed by atoms with Crippen LogP contribution in [0.5, 0.6) is 0 Å². The lowest BCUT2D eigenvalue weighted by Gasteiger charge is -2.33. The van der Waals surface area contributed by atoms with Crippen LogP contribution in [0.3, 0.4) is 0 Å². The monoisotopic (exact) mass is 522 g/mol. The van der Waals surface area contributed by atoms with Crippen LogP contribution >= 0.6 is 46.3 Å². The van der Waals surface area contributed by atoms with E-state index in [1.807, 2.05) is 47.8 Å². The van der Waals surface area contributed by atoms with Crippen LogP contribution in [0.1, 0.15) is 5.56 Å². The minimum atomic E-state index is -0.0505. The number of nitrogens with zero attached hydrogens (tertiary/aromatic N) is 2. The van der Waals surface area contributed by atoms with Crippen molar-refractivity contribution in [2.45, 2.75) is 17.0 Å². The van der Waals surface area contributed by atoms with Crippen molar-refractivity contribution in [2.75, 3.05) is 37.7 Å². The number of hydrogen-bond acceptors (Lipinski definition) is 7. The van der Waals surface area contributed by atoms with E-state index in [9.17, 15) is 4.79 Å². The van der Waals surface area contributed by atoms with Crippen molar-refractivity contribution < 1.29 is 9.53 Å². The van der Waals surface area contributed by atoms with Gasteiger partial charge in [0.05, 0.1) is 34.2 Å². The quantitative estimate of drug-likeness (QED) is 0.326. The number of benzene rings is 2. The molecule has 2 heterocycles. The SMILES string of the molecule is Nc1cccc(-c2csc(SCC(=O)NC[C@H]3CN(Cc4ccc(Cl)c(Cl)c4)CCO3)n2)c1. The van der Waals surface area contributed by atoms with Crippen molar-refractivity contribution in [3.05, 3.63) is 63.5 Å². The fourth-order valence-electron chi connectivity index (χ4n) is 3.50. The first-order valence-corrected chi connectivity index (χ1v) is 13.1. The third kappa shape index (κ3) is 7.09. The molecular weight excluding hydrogens is 499 g/mol. The molecule has 1 aliphatic heterocycles. The first-order chi connectivity index (χ1) is 16.0. The zero-order valence-electron chi connectivity index (χ0n) is 17.8. The number of rotatable bonds is 8. The fraction of sp³-hybridized carbons (Fsp3) is 0.304. The number of nitrogens with two attached hydrogens (primary N) is 1. The molecule has 174 valence electrons. The molecule has 1 aliphatic rings. The average molecular weight is 524 g/mol. The molecule has 0 unspecified atom stereocenters. The first-order valence-electron chi connectivity index (χ1n) is 10.4. The zero-order chi connectivity index (χ0) is 23.2. The molecule has 1 amide bonds. The van der Waals surface area contributed by atoms with Gasteiger partial charge in [-0.15, -0.1) is 11.3 Å². The minimum absolute atomic E-state index is 0.0362. The van der Waals surface area contributed by atoms with Gasteiger partial charge in [0.25, 0.3) is 0 Å². The fourth-order valence-corrected chi connectivity index (χ4v) is 5.49. The number of morpholine rings is 1. The Kier molecular flexibility index (Phi) is 8.51. The largest absolute Gasteiger partial charge is 0.399 e. The van der Waals surface area contributed by atoms with Gasteiger partial charge in [-0.1, -0.05) is 53.2 Å². The summed E-state index contributed by atoms with van der Waals surface area (Å²) in [7, 11) is 0. The van der Waals surface area contributed by atoms with Crippen molar-refractivity contribution in [1.82, 2.24) is 15.2 Å². The Balaban J connectivity index is 1.21. The predicted octanol–water partition coefficient (Wildman–Crippen LogP) is 4.81. The lowest BCUT2D eigenvalue weighted by atomic mass is 10.1. The molecule has 4 rings (SSSR count). The standard InChI is InChI=1S/C23H24Cl2N4O2S2/c24-19-5-4-15(8-20(19)25)11-29-6-7-31-18(12-29)10-27-22(30)14-33-23-28-21(13-32-23)16-2-1-3-17(26)9-16/h1-5,8-9,13,18H,6-7,10-12,14,26H2,(H,27,30)/t18-/m0/s1. The summed E-state index contributed by atoms with van der Waals surface area (Å²) in [6.07, 6.45) is -0.0505. The highest BCUT2D eigenvalue weighted by Crippen LogP contribution is 2.29. The summed E-state index contributed by atoms with van der Waals surface area (Å²) in [4.78, 5) is 19.3. The number of nitrogen functional groups attached to an aromatic ring is 1. The van der Waals surface area contributed by atoms with Crippen molar-refractivity contribution in [3.63, 3.8) is 0 Å². The van der Waals surface area contributed by atoms with Crippen LogP contribution < -0.4 is 11.1 Å². The summed E-state index contributed by atoms with van der Waals surface area (Å²) in [6.45, 7) is 3.44. The molecule has 3 aromatic rings. The number of amides is 1. The number of thioether (sulfide) groups is 1. The lowest BCUT2D eigenvalue weighted by molar-refractivity contribution is -0.119. The van der Waals surface area contributed by atoms with Crippen molar-refractivity contribution >= 4 is 57.9 Å². The van der Waals surface area contributed by atoms with E-state index in [4.69, 9.17) is 33.7 Å². The number of halogens is 2. The third-order valence-corrected chi connectivity index (χ3v) is 7.89. The normalized spacial score (nSPS) is 16.6. The van der Waals surface area contributed by atoms with Crippen LogP contribution in [0.15, 0.2) is 52.2 Å². The Morgan fingerprint density at radius 3 is 2.97 bits per heavy atom. The van der Waals surface area contributed by atoms with E-state index < -0.39 is 0 Å². The lowest BCUT2D eigenvalue weighted by Crippen LogP contribution is -2.47. The van der Waals surface area contributed by atoms with Gasteiger partial charge >= 0.3 is 0 Å².